The molecule has 2 bridgehead atoms. The van der Waals surface area contributed by atoms with Gasteiger partial charge in [-0.15, -0.1) is 0 Å². The van der Waals surface area contributed by atoms with Gasteiger partial charge in [0.15, 0.2) is 0 Å². The number of hydrogen-bond acceptors (Lipinski definition) is 2. The van der Waals surface area contributed by atoms with Gasteiger partial charge >= 0.3 is 9.28 Å². The van der Waals surface area contributed by atoms with Gasteiger partial charge in [-0.2, -0.15) is 0 Å². The topological polar surface area (TPSA) is 18.5 Å². The van der Waals surface area contributed by atoms with E-state index < -0.39 is 9.28 Å². The van der Waals surface area contributed by atoms with Gasteiger partial charge in [0.05, 0.1) is 0 Å². The lowest BCUT2D eigenvalue weighted by atomic mass is 9.87. The van der Waals surface area contributed by atoms with E-state index in [4.69, 9.17) is 8.85 Å². The summed E-state index contributed by atoms with van der Waals surface area (Å²) in [6, 6.07) is 10.9. The van der Waals surface area contributed by atoms with Gasteiger partial charge in [-0.1, -0.05) is 42.5 Å². The van der Waals surface area contributed by atoms with Crippen molar-refractivity contribution in [2.45, 2.75) is 23.8 Å². The number of allylic oxidation sites excluding steroid dienone is 2. The predicted octanol–water partition coefficient (Wildman–Crippen LogP) is 3.00. The van der Waals surface area contributed by atoms with E-state index in [0.717, 1.165) is 0 Å². The Kier molecular flexibility index (Phi) is 3.14. The lowest BCUT2D eigenvalue weighted by Crippen LogP contribution is -2.33. The molecule has 2 nitrogen and oxygen atoms in total. The maximum atomic E-state index is 5.65. The van der Waals surface area contributed by atoms with Crippen LogP contribution in [0.3, 0.4) is 0 Å². The van der Waals surface area contributed by atoms with Crippen molar-refractivity contribution in [1.82, 2.24) is 0 Å². The van der Waals surface area contributed by atoms with Crippen LogP contribution >= 0.6 is 0 Å². The minimum absolute atomic E-state index is 0.217. The second-order valence-corrected chi connectivity index (χ2v) is 8.24. The first-order chi connectivity index (χ1) is 8.79. The van der Waals surface area contributed by atoms with Crippen molar-refractivity contribution in [3.8, 4) is 0 Å². The van der Waals surface area contributed by atoms with Crippen LogP contribution in [0.2, 0.25) is 5.04 Å². The Morgan fingerprint density at radius 1 is 1.11 bits per heavy atom. The van der Waals surface area contributed by atoms with Crippen LogP contribution in [-0.4, -0.2) is 23.5 Å². The molecule has 0 heterocycles. The average Bonchev–Trinajstić information content (AvgIpc) is 3.00. The second kappa shape index (κ2) is 4.65. The first kappa shape index (κ1) is 12.1. The first-order valence-electron chi connectivity index (χ1n) is 6.59. The summed E-state index contributed by atoms with van der Waals surface area (Å²) in [4.78, 5) is 0. The Bertz CT molecular complexity index is 441. The Morgan fingerprint density at radius 3 is 2.50 bits per heavy atom. The van der Waals surface area contributed by atoms with E-state index in [1.54, 1.807) is 14.2 Å². The largest absolute Gasteiger partial charge is 0.399 e. The van der Waals surface area contributed by atoms with E-state index in [-0.39, 0.29) is 5.04 Å². The van der Waals surface area contributed by atoms with Gasteiger partial charge in [-0.25, -0.2) is 0 Å². The van der Waals surface area contributed by atoms with Crippen LogP contribution in [-0.2, 0) is 8.85 Å². The molecular weight excluding hydrogens is 240 g/mol. The molecule has 0 N–H and O–H groups in total. The Balaban J connectivity index is 1.86. The lowest BCUT2D eigenvalue weighted by Gasteiger charge is -2.30. The van der Waals surface area contributed by atoms with E-state index >= 15 is 0 Å². The number of benzene rings is 1. The lowest BCUT2D eigenvalue weighted by molar-refractivity contribution is 0.251. The van der Waals surface area contributed by atoms with Crippen LogP contribution in [0.15, 0.2) is 42.5 Å². The number of rotatable bonds is 4. The smallest absolute Gasteiger partial charge is 0.331 e. The fourth-order valence-electron chi connectivity index (χ4n) is 3.78. The third kappa shape index (κ3) is 1.78. The van der Waals surface area contributed by atoms with Crippen LogP contribution in [0.25, 0.3) is 0 Å². The van der Waals surface area contributed by atoms with Gasteiger partial charge in [0, 0.05) is 19.3 Å². The highest BCUT2D eigenvalue weighted by Crippen LogP contribution is 2.62. The van der Waals surface area contributed by atoms with Crippen molar-refractivity contribution in [1.29, 1.82) is 0 Å². The van der Waals surface area contributed by atoms with Crippen molar-refractivity contribution in [2.75, 3.05) is 14.2 Å². The molecule has 3 rings (SSSR count). The zero-order valence-electron chi connectivity index (χ0n) is 11.0. The highest BCUT2D eigenvalue weighted by atomic mass is 28.3. The fourth-order valence-corrected chi connectivity index (χ4v) is 6.09. The molecule has 3 heteroatoms. The minimum Gasteiger partial charge on any atom is -0.399 e. The predicted molar refractivity (Wildman–Crippen MR) is 74.9 cm³/mol. The molecule has 3 unspecified atom stereocenters. The zero-order valence-corrected chi connectivity index (χ0v) is 12.2. The third-order valence-corrected chi connectivity index (χ3v) is 6.99. The fraction of sp³-hybridized carbons (Fsp3) is 0.467. The molecule has 96 valence electrons. The van der Waals surface area contributed by atoms with Crippen molar-refractivity contribution in [2.24, 2.45) is 5.92 Å². The quantitative estimate of drug-likeness (QED) is 0.612. The average molecular weight is 260 g/mol. The van der Waals surface area contributed by atoms with Crippen LogP contribution in [0, 0.1) is 5.92 Å². The molecule has 2 aliphatic rings. The molecular formula is C15H20O2Si. The van der Waals surface area contributed by atoms with E-state index in [1.807, 2.05) is 0 Å². The molecule has 1 saturated carbocycles. The van der Waals surface area contributed by atoms with Crippen LogP contribution in [0.4, 0.5) is 0 Å². The normalized spacial score (nSPS) is 33.5. The standard InChI is InChI=1S/C15H20O2Si/c1-16-18(17-2)15-9-8-13(10-15)14(11-15)12-6-4-3-5-7-12/h3-9,13-14,18H,10-11H2,1-2H3. The Labute approximate surface area is 110 Å². The summed E-state index contributed by atoms with van der Waals surface area (Å²) in [7, 11) is 2.01. The molecule has 0 spiro atoms. The summed E-state index contributed by atoms with van der Waals surface area (Å²) < 4.78 is 11.3. The van der Waals surface area contributed by atoms with E-state index in [2.05, 4.69) is 42.5 Å². The summed E-state index contributed by atoms with van der Waals surface area (Å²) >= 11 is 0. The van der Waals surface area contributed by atoms with Gasteiger partial charge in [0.25, 0.3) is 0 Å². The van der Waals surface area contributed by atoms with Gasteiger partial charge in [-0.05, 0) is 30.2 Å². The highest BCUT2D eigenvalue weighted by molar-refractivity contribution is 6.49. The molecule has 0 amide bonds. The summed E-state index contributed by atoms with van der Waals surface area (Å²) in [5.74, 6) is 1.32. The van der Waals surface area contributed by atoms with E-state index in [9.17, 15) is 0 Å². The zero-order chi connectivity index (χ0) is 12.6. The molecule has 0 aliphatic heterocycles. The molecule has 1 aromatic carbocycles. The van der Waals surface area contributed by atoms with Gasteiger partial charge in [0.1, 0.15) is 0 Å². The number of fused-ring (bicyclic) bond motifs is 2. The SMILES string of the molecule is CO[SiH](OC)C12C=CC(C1)C(c1ccccc1)C2. The van der Waals surface area contributed by atoms with Crippen LogP contribution in [0.5, 0.6) is 0 Å². The molecule has 1 aromatic rings. The monoisotopic (exact) mass is 260 g/mol. The third-order valence-electron chi connectivity index (χ3n) is 4.53. The molecule has 18 heavy (non-hydrogen) atoms. The second-order valence-electron chi connectivity index (χ2n) is 5.48. The Morgan fingerprint density at radius 2 is 1.83 bits per heavy atom. The highest BCUT2D eigenvalue weighted by Gasteiger charge is 2.53. The van der Waals surface area contributed by atoms with Gasteiger partial charge < -0.3 is 8.85 Å². The molecule has 0 radical (unpaired) electrons. The summed E-state index contributed by atoms with van der Waals surface area (Å²) in [5, 5.41) is 0.217. The van der Waals surface area contributed by atoms with Gasteiger partial charge in [-0.3, -0.25) is 0 Å². The Hall–Kier alpha value is -0.903. The van der Waals surface area contributed by atoms with Crippen molar-refractivity contribution in [3.63, 3.8) is 0 Å². The molecule has 2 aliphatic carbocycles. The maximum Gasteiger partial charge on any atom is 0.331 e. The number of hydrogen-bond donors (Lipinski definition) is 0. The van der Waals surface area contributed by atoms with Crippen molar-refractivity contribution in [3.05, 3.63) is 48.0 Å². The molecule has 0 aromatic heterocycles. The summed E-state index contributed by atoms with van der Waals surface area (Å²) in [6.45, 7) is 0. The van der Waals surface area contributed by atoms with Crippen LogP contribution < -0.4 is 0 Å². The van der Waals surface area contributed by atoms with E-state index in [0.29, 0.717) is 11.8 Å². The molecule has 0 saturated heterocycles. The summed E-state index contributed by atoms with van der Waals surface area (Å²) in [6.07, 6.45) is 7.17. The minimum atomic E-state index is -1.59. The van der Waals surface area contributed by atoms with Gasteiger partial charge in [0.2, 0.25) is 0 Å². The summed E-state index contributed by atoms with van der Waals surface area (Å²) in [5.41, 5.74) is 1.47. The first-order valence-corrected chi connectivity index (χ1v) is 8.11. The van der Waals surface area contributed by atoms with Crippen molar-refractivity contribution < 1.29 is 8.85 Å². The van der Waals surface area contributed by atoms with Crippen molar-refractivity contribution >= 4 is 9.28 Å². The van der Waals surface area contributed by atoms with E-state index in [1.165, 1.54) is 18.4 Å². The van der Waals surface area contributed by atoms with Crippen LogP contribution in [0.1, 0.15) is 24.3 Å². The molecule has 1 fully saturated rings. The maximum absolute atomic E-state index is 5.65. The molecule has 3 atom stereocenters.